The van der Waals surface area contributed by atoms with Crippen molar-refractivity contribution in [2.24, 2.45) is 0 Å². The predicted molar refractivity (Wildman–Crippen MR) is 79.7 cm³/mol. The van der Waals surface area contributed by atoms with Gasteiger partial charge in [0.25, 0.3) is 0 Å². The molecule has 0 aliphatic rings. The topological polar surface area (TPSA) is 84.0 Å². The molecular formula is C15H14FN3O2. The number of anilines is 2. The number of nitrogens with two attached hydrogens (primary N) is 1. The molecule has 0 fully saturated rings. The molecule has 1 aromatic heterocycles. The SMILES string of the molecule is CC(Nc1cc2[nH]c(=O)oc2cc1N)c1cccc(F)c1. The Morgan fingerprint density at radius 2 is 2.14 bits per heavy atom. The molecule has 0 saturated carbocycles. The summed E-state index contributed by atoms with van der Waals surface area (Å²) in [6, 6.07) is 9.48. The van der Waals surface area contributed by atoms with Gasteiger partial charge in [0.2, 0.25) is 0 Å². The standard InChI is InChI=1S/C15H14FN3O2/c1-8(9-3-2-4-10(16)5-9)18-12-7-13-14(6-11(12)17)21-15(20)19-13/h2-8,18H,17H2,1H3,(H,19,20). The third-order valence-corrected chi connectivity index (χ3v) is 3.31. The summed E-state index contributed by atoms with van der Waals surface area (Å²) in [6.07, 6.45) is 0. The molecule has 5 nitrogen and oxygen atoms in total. The zero-order chi connectivity index (χ0) is 15.0. The first-order valence-corrected chi connectivity index (χ1v) is 6.47. The van der Waals surface area contributed by atoms with E-state index in [-0.39, 0.29) is 11.9 Å². The van der Waals surface area contributed by atoms with Gasteiger partial charge in [0, 0.05) is 12.1 Å². The van der Waals surface area contributed by atoms with Crippen molar-refractivity contribution >= 4 is 22.5 Å². The van der Waals surface area contributed by atoms with Crippen LogP contribution in [0, 0.1) is 5.82 Å². The molecule has 2 aromatic carbocycles. The van der Waals surface area contributed by atoms with Gasteiger partial charge in [-0.3, -0.25) is 4.98 Å². The minimum absolute atomic E-state index is 0.140. The van der Waals surface area contributed by atoms with Crippen LogP contribution in [0.2, 0.25) is 0 Å². The number of fused-ring (bicyclic) bond motifs is 1. The number of benzene rings is 2. The molecule has 0 amide bonds. The molecule has 0 bridgehead atoms. The van der Waals surface area contributed by atoms with Gasteiger partial charge in [0.15, 0.2) is 5.58 Å². The minimum atomic E-state index is -0.528. The quantitative estimate of drug-likeness (QED) is 0.646. The largest absolute Gasteiger partial charge is 0.417 e. The summed E-state index contributed by atoms with van der Waals surface area (Å²) in [5.74, 6) is -0.816. The number of oxazole rings is 1. The number of nitrogens with one attached hydrogen (secondary N) is 2. The summed E-state index contributed by atoms with van der Waals surface area (Å²) < 4.78 is 18.2. The Bertz CT molecular complexity index is 853. The molecule has 108 valence electrons. The Balaban J connectivity index is 1.93. The van der Waals surface area contributed by atoms with Crippen LogP contribution in [0.5, 0.6) is 0 Å². The van der Waals surface area contributed by atoms with Crippen molar-refractivity contribution in [3.8, 4) is 0 Å². The molecule has 0 radical (unpaired) electrons. The van der Waals surface area contributed by atoms with E-state index in [9.17, 15) is 9.18 Å². The van der Waals surface area contributed by atoms with Crippen LogP contribution in [0.25, 0.3) is 11.1 Å². The lowest BCUT2D eigenvalue weighted by molar-refractivity contribution is 0.555. The number of halogens is 1. The van der Waals surface area contributed by atoms with E-state index in [1.54, 1.807) is 18.2 Å². The van der Waals surface area contributed by atoms with E-state index in [0.29, 0.717) is 22.5 Å². The second kappa shape index (κ2) is 4.97. The van der Waals surface area contributed by atoms with Gasteiger partial charge in [-0.05, 0) is 30.7 Å². The molecule has 0 saturated heterocycles. The number of aromatic amines is 1. The second-order valence-electron chi connectivity index (χ2n) is 4.87. The third-order valence-electron chi connectivity index (χ3n) is 3.31. The zero-order valence-electron chi connectivity index (χ0n) is 11.3. The fourth-order valence-corrected chi connectivity index (χ4v) is 2.23. The lowest BCUT2D eigenvalue weighted by atomic mass is 10.1. The van der Waals surface area contributed by atoms with Crippen LogP contribution in [0.4, 0.5) is 15.8 Å². The summed E-state index contributed by atoms with van der Waals surface area (Å²) in [5.41, 5.74) is 8.81. The molecule has 4 N–H and O–H groups in total. The minimum Gasteiger partial charge on any atom is -0.408 e. The van der Waals surface area contributed by atoms with Crippen molar-refractivity contribution in [2.45, 2.75) is 13.0 Å². The Hall–Kier alpha value is -2.76. The number of H-pyrrole nitrogens is 1. The summed E-state index contributed by atoms with van der Waals surface area (Å²) in [7, 11) is 0. The number of hydrogen-bond acceptors (Lipinski definition) is 4. The Labute approximate surface area is 119 Å². The molecular weight excluding hydrogens is 273 g/mol. The van der Waals surface area contributed by atoms with E-state index in [1.807, 2.05) is 13.0 Å². The molecule has 6 heteroatoms. The Kier molecular flexibility index (Phi) is 3.13. The third kappa shape index (κ3) is 2.60. The van der Waals surface area contributed by atoms with Crippen LogP contribution in [0.3, 0.4) is 0 Å². The highest BCUT2D eigenvalue weighted by Gasteiger charge is 2.11. The van der Waals surface area contributed by atoms with E-state index in [1.165, 1.54) is 12.1 Å². The summed E-state index contributed by atoms with van der Waals surface area (Å²) in [5, 5.41) is 3.20. The highest BCUT2D eigenvalue weighted by molar-refractivity contribution is 5.85. The molecule has 3 aromatic rings. The van der Waals surface area contributed by atoms with Gasteiger partial charge in [-0.2, -0.15) is 0 Å². The van der Waals surface area contributed by atoms with Gasteiger partial charge in [0.05, 0.1) is 16.9 Å². The van der Waals surface area contributed by atoms with Crippen LogP contribution in [0.15, 0.2) is 45.6 Å². The van der Waals surface area contributed by atoms with Gasteiger partial charge in [0.1, 0.15) is 5.82 Å². The molecule has 1 unspecified atom stereocenters. The lowest BCUT2D eigenvalue weighted by Gasteiger charge is -2.17. The Morgan fingerprint density at radius 1 is 1.33 bits per heavy atom. The molecule has 1 atom stereocenters. The second-order valence-corrected chi connectivity index (χ2v) is 4.87. The predicted octanol–water partition coefficient (Wildman–Crippen LogP) is 3.02. The maximum Gasteiger partial charge on any atom is 0.417 e. The van der Waals surface area contributed by atoms with Crippen LogP contribution in [-0.4, -0.2) is 4.98 Å². The van der Waals surface area contributed by atoms with Gasteiger partial charge in [-0.1, -0.05) is 12.1 Å². The first kappa shape index (κ1) is 13.2. The molecule has 3 rings (SSSR count). The molecule has 0 spiro atoms. The zero-order valence-corrected chi connectivity index (χ0v) is 11.3. The van der Waals surface area contributed by atoms with E-state index in [2.05, 4.69) is 10.3 Å². The van der Waals surface area contributed by atoms with Gasteiger partial charge >= 0.3 is 5.76 Å². The fourth-order valence-electron chi connectivity index (χ4n) is 2.23. The van der Waals surface area contributed by atoms with Crippen LogP contribution >= 0.6 is 0 Å². The van der Waals surface area contributed by atoms with Crippen molar-refractivity contribution in [1.29, 1.82) is 0 Å². The maximum atomic E-state index is 13.3. The number of rotatable bonds is 3. The fraction of sp³-hybridized carbons (Fsp3) is 0.133. The summed E-state index contributed by atoms with van der Waals surface area (Å²) in [6.45, 7) is 1.90. The van der Waals surface area contributed by atoms with E-state index >= 15 is 0 Å². The number of aromatic nitrogens is 1. The lowest BCUT2D eigenvalue weighted by Crippen LogP contribution is -2.08. The van der Waals surface area contributed by atoms with Crippen molar-refractivity contribution in [3.05, 3.63) is 58.3 Å². The average molecular weight is 287 g/mol. The van der Waals surface area contributed by atoms with Crippen molar-refractivity contribution in [3.63, 3.8) is 0 Å². The maximum absolute atomic E-state index is 13.3. The van der Waals surface area contributed by atoms with Crippen molar-refractivity contribution < 1.29 is 8.81 Å². The Morgan fingerprint density at radius 3 is 2.90 bits per heavy atom. The van der Waals surface area contributed by atoms with Crippen molar-refractivity contribution in [1.82, 2.24) is 4.98 Å². The van der Waals surface area contributed by atoms with Crippen molar-refractivity contribution in [2.75, 3.05) is 11.1 Å². The van der Waals surface area contributed by atoms with Gasteiger partial charge in [-0.25, -0.2) is 9.18 Å². The molecule has 0 aliphatic carbocycles. The van der Waals surface area contributed by atoms with E-state index in [4.69, 9.17) is 10.2 Å². The van der Waals surface area contributed by atoms with E-state index < -0.39 is 5.76 Å². The smallest absolute Gasteiger partial charge is 0.408 e. The van der Waals surface area contributed by atoms with E-state index in [0.717, 1.165) is 5.56 Å². The number of hydrogen-bond donors (Lipinski definition) is 3. The van der Waals surface area contributed by atoms with Crippen LogP contribution in [0.1, 0.15) is 18.5 Å². The highest BCUT2D eigenvalue weighted by atomic mass is 19.1. The number of nitrogen functional groups attached to an aromatic ring is 1. The average Bonchev–Trinajstić information content (AvgIpc) is 2.78. The first-order valence-electron chi connectivity index (χ1n) is 6.47. The monoisotopic (exact) mass is 287 g/mol. The van der Waals surface area contributed by atoms with Gasteiger partial charge in [-0.15, -0.1) is 0 Å². The molecule has 0 aliphatic heterocycles. The highest BCUT2D eigenvalue weighted by Crippen LogP contribution is 2.28. The normalized spacial score (nSPS) is 12.5. The molecule has 21 heavy (non-hydrogen) atoms. The van der Waals surface area contributed by atoms with Gasteiger partial charge < -0.3 is 15.5 Å². The summed E-state index contributed by atoms with van der Waals surface area (Å²) in [4.78, 5) is 13.7. The van der Waals surface area contributed by atoms with Crippen LogP contribution < -0.4 is 16.8 Å². The van der Waals surface area contributed by atoms with Crippen LogP contribution in [-0.2, 0) is 0 Å². The first-order chi connectivity index (χ1) is 10.0. The molecule has 1 heterocycles. The summed E-state index contributed by atoms with van der Waals surface area (Å²) >= 11 is 0.